The molecule has 4 nitrogen and oxygen atoms in total. The fraction of sp³-hybridized carbons (Fsp3) is 0.500. The summed E-state index contributed by atoms with van der Waals surface area (Å²) >= 11 is 5.83. The van der Waals surface area contributed by atoms with Crippen molar-refractivity contribution >= 4 is 27.7 Å². The molecule has 1 aromatic carbocycles. The maximum absolute atomic E-state index is 12.7. The van der Waals surface area contributed by atoms with E-state index < -0.39 is 10.0 Å². The van der Waals surface area contributed by atoms with Crippen molar-refractivity contribution in [2.75, 3.05) is 19.8 Å². The maximum atomic E-state index is 12.7. The van der Waals surface area contributed by atoms with E-state index in [9.17, 15) is 8.42 Å². The number of fused-ring (bicyclic) bond motifs is 1. The van der Waals surface area contributed by atoms with Crippen LogP contribution in [0.3, 0.4) is 0 Å². The van der Waals surface area contributed by atoms with Gasteiger partial charge >= 0.3 is 0 Å². The Kier molecular flexibility index (Phi) is 4.10. The molecule has 1 aromatic rings. The summed E-state index contributed by atoms with van der Waals surface area (Å²) in [6, 6.07) is 7.03. The third kappa shape index (κ3) is 2.95. The number of halogens is 1. The van der Waals surface area contributed by atoms with Crippen molar-refractivity contribution in [2.45, 2.75) is 19.9 Å². The Labute approximate surface area is 136 Å². The van der Waals surface area contributed by atoms with Crippen LogP contribution in [-0.2, 0) is 14.8 Å². The van der Waals surface area contributed by atoms with Gasteiger partial charge in [-0.05, 0) is 29.2 Å². The standard InChI is InChI=1S/C16H20ClNO3S/c1-16(2)11-18(15-10-21-9-14(15)16)22(19,20)8-7-12-3-5-13(17)6-4-12/h3-8,14-15H,9-11H2,1-2H3/b8-7+/t14-,15+/m0/s1. The molecule has 0 amide bonds. The Hall–Kier alpha value is -0.880. The van der Waals surface area contributed by atoms with Crippen LogP contribution >= 0.6 is 11.6 Å². The molecular formula is C16H20ClNO3S. The van der Waals surface area contributed by atoms with Gasteiger partial charge in [0, 0.05) is 22.9 Å². The predicted molar refractivity (Wildman–Crippen MR) is 88.0 cm³/mol. The van der Waals surface area contributed by atoms with Crippen LogP contribution in [0, 0.1) is 11.3 Å². The van der Waals surface area contributed by atoms with Gasteiger partial charge < -0.3 is 4.74 Å². The SMILES string of the molecule is CC1(C)CN(S(=O)(=O)/C=C/c2ccc(Cl)cc2)[C@@H]2COC[C@@H]21. The van der Waals surface area contributed by atoms with Crippen molar-refractivity contribution in [3.63, 3.8) is 0 Å². The molecule has 2 aliphatic heterocycles. The van der Waals surface area contributed by atoms with Gasteiger partial charge in [-0.3, -0.25) is 0 Å². The lowest BCUT2D eigenvalue weighted by Gasteiger charge is -2.23. The van der Waals surface area contributed by atoms with E-state index in [4.69, 9.17) is 16.3 Å². The second-order valence-corrected chi connectivity index (χ2v) is 8.85. The average Bonchev–Trinajstić information content (AvgIpc) is 3.02. The minimum atomic E-state index is -3.45. The number of nitrogens with zero attached hydrogens (tertiary/aromatic N) is 1. The summed E-state index contributed by atoms with van der Waals surface area (Å²) in [7, 11) is -3.45. The van der Waals surface area contributed by atoms with E-state index >= 15 is 0 Å². The summed E-state index contributed by atoms with van der Waals surface area (Å²) in [6.07, 6.45) is 1.61. The van der Waals surface area contributed by atoms with Crippen molar-refractivity contribution < 1.29 is 13.2 Å². The van der Waals surface area contributed by atoms with Crippen LogP contribution in [0.4, 0.5) is 0 Å². The number of benzene rings is 1. The van der Waals surface area contributed by atoms with Gasteiger partial charge in [-0.2, -0.15) is 4.31 Å². The number of rotatable bonds is 3. The summed E-state index contributed by atoms with van der Waals surface area (Å²) in [5.41, 5.74) is 0.758. The first-order valence-corrected chi connectivity index (χ1v) is 9.21. The second-order valence-electron chi connectivity index (χ2n) is 6.64. The molecule has 22 heavy (non-hydrogen) atoms. The van der Waals surface area contributed by atoms with Gasteiger partial charge in [0.25, 0.3) is 0 Å². The van der Waals surface area contributed by atoms with Gasteiger partial charge in [0.05, 0.1) is 19.3 Å². The van der Waals surface area contributed by atoms with Crippen LogP contribution in [0.2, 0.25) is 5.02 Å². The minimum absolute atomic E-state index is 0.0464. The van der Waals surface area contributed by atoms with E-state index in [0.29, 0.717) is 24.8 Å². The molecule has 2 atom stereocenters. The lowest BCUT2D eigenvalue weighted by Crippen LogP contribution is -2.36. The molecule has 0 unspecified atom stereocenters. The predicted octanol–water partition coefficient (Wildman–Crippen LogP) is 3.00. The maximum Gasteiger partial charge on any atom is 0.236 e. The molecule has 2 heterocycles. The van der Waals surface area contributed by atoms with Crippen LogP contribution in [0.5, 0.6) is 0 Å². The Bertz CT molecular complexity index is 682. The van der Waals surface area contributed by atoms with E-state index in [1.165, 1.54) is 5.41 Å². The van der Waals surface area contributed by atoms with Gasteiger partial charge in [0.1, 0.15) is 0 Å². The molecule has 2 saturated heterocycles. The summed E-state index contributed by atoms with van der Waals surface area (Å²) in [4.78, 5) is 0. The minimum Gasteiger partial charge on any atom is -0.379 e. The summed E-state index contributed by atoms with van der Waals surface area (Å²) in [5.74, 6) is 0.270. The van der Waals surface area contributed by atoms with Crippen molar-refractivity contribution in [3.05, 3.63) is 40.3 Å². The fourth-order valence-corrected chi connectivity index (χ4v) is 5.01. The van der Waals surface area contributed by atoms with Crippen molar-refractivity contribution in [3.8, 4) is 0 Å². The van der Waals surface area contributed by atoms with Gasteiger partial charge in [-0.25, -0.2) is 8.42 Å². The molecule has 0 aliphatic carbocycles. The molecule has 6 heteroatoms. The molecule has 0 spiro atoms. The monoisotopic (exact) mass is 341 g/mol. The van der Waals surface area contributed by atoms with E-state index in [-0.39, 0.29) is 17.4 Å². The zero-order chi connectivity index (χ0) is 16.0. The molecule has 0 aromatic heterocycles. The largest absolute Gasteiger partial charge is 0.379 e. The smallest absolute Gasteiger partial charge is 0.236 e. The first-order valence-electron chi connectivity index (χ1n) is 7.33. The van der Waals surface area contributed by atoms with Gasteiger partial charge in [0.15, 0.2) is 0 Å². The van der Waals surface area contributed by atoms with Gasteiger partial charge in [-0.1, -0.05) is 37.6 Å². The Morgan fingerprint density at radius 1 is 1.27 bits per heavy atom. The highest BCUT2D eigenvalue weighted by atomic mass is 35.5. The lowest BCUT2D eigenvalue weighted by molar-refractivity contribution is 0.137. The van der Waals surface area contributed by atoms with Crippen LogP contribution in [0.1, 0.15) is 19.4 Å². The second kappa shape index (κ2) is 5.64. The molecule has 3 rings (SSSR count). The molecule has 0 bridgehead atoms. The average molecular weight is 342 g/mol. The van der Waals surface area contributed by atoms with E-state index in [1.54, 1.807) is 34.6 Å². The van der Waals surface area contributed by atoms with Gasteiger partial charge in [-0.15, -0.1) is 0 Å². The first-order chi connectivity index (χ1) is 10.3. The highest BCUT2D eigenvalue weighted by molar-refractivity contribution is 7.92. The quantitative estimate of drug-likeness (QED) is 0.849. The molecular weight excluding hydrogens is 322 g/mol. The lowest BCUT2D eigenvalue weighted by atomic mass is 9.80. The van der Waals surface area contributed by atoms with E-state index in [1.807, 2.05) is 0 Å². The molecule has 2 aliphatic rings. The van der Waals surface area contributed by atoms with Crippen molar-refractivity contribution in [1.29, 1.82) is 0 Å². The van der Waals surface area contributed by atoms with Gasteiger partial charge in [0.2, 0.25) is 10.0 Å². The van der Waals surface area contributed by atoms with E-state index in [2.05, 4.69) is 13.8 Å². The molecule has 2 fully saturated rings. The Morgan fingerprint density at radius 2 is 1.95 bits per heavy atom. The number of hydrogen-bond acceptors (Lipinski definition) is 3. The topological polar surface area (TPSA) is 46.6 Å². The van der Waals surface area contributed by atoms with E-state index in [0.717, 1.165) is 5.56 Å². The molecule has 0 radical (unpaired) electrons. The third-order valence-corrected chi connectivity index (χ3v) is 6.40. The number of ether oxygens (including phenoxy) is 1. The summed E-state index contributed by atoms with van der Waals surface area (Å²) < 4.78 is 32.4. The Morgan fingerprint density at radius 3 is 2.64 bits per heavy atom. The third-order valence-electron chi connectivity index (χ3n) is 4.62. The van der Waals surface area contributed by atoms with Crippen molar-refractivity contribution in [1.82, 2.24) is 4.31 Å². The number of hydrogen-bond donors (Lipinski definition) is 0. The highest BCUT2D eigenvalue weighted by Gasteiger charge is 2.53. The summed E-state index contributed by atoms with van der Waals surface area (Å²) in [5, 5.41) is 1.92. The Balaban J connectivity index is 1.82. The van der Waals surface area contributed by atoms with Crippen molar-refractivity contribution in [2.24, 2.45) is 11.3 Å². The number of sulfonamides is 1. The van der Waals surface area contributed by atoms with Crippen LogP contribution in [0.25, 0.3) is 6.08 Å². The molecule has 0 N–H and O–H groups in total. The molecule has 120 valence electrons. The fourth-order valence-electron chi connectivity index (χ4n) is 3.30. The summed E-state index contributed by atoms with van der Waals surface area (Å²) in [6.45, 7) is 5.89. The van der Waals surface area contributed by atoms with Crippen LogP contribution in [-0.4, -0.2) is 38.5 Å². The highest BCUT2D eigenvalue weighted by Crippen LogP contribution is 2.44. The first kappa shape index (κ1) is 16.0. The zero-order valence-electron chi connectivity index (χ0n) is 12.7. The van der Waals surface area contributed by atoms with Crippen LogP contribution in [0.15, 0.2) is 29.7 Å². The zero-order valence-corrected chi connectivity index (χ0v) is 14.3. The molecule has 0 saturated carbocycles. The normalized spacial score (nSPS) is 28.3. The van der Waals surface area contributed by atoms with Crippen LogP contribution < -0.4 is 0 Å².